The highest BCUT2D eigenvalue weighted by molar-refractivity contribution is 6.31. The van der Waals surface area contributed by atoms with Gasteiger partial charge in [-0.15, -0.1) is 0 Å². The number of hydroxylamine groups is 1. The average Bonchev–Trinajstić information content (AvgIpc) is 3.03. The molecule has 0 fully saturated rings. The van der Waals surface area contributed by atoms with E-state index in [4.69, 9.17) is 26.6 Å². The van der Waals surface area contributed by atoms with Gasteiger partial charge in [0.05, 0.1) is 19.4 Å². The second-order valence-corrected chi connectivity index (χ2v) is 7.71. The van der Waals surface area contributed by atoms with E-state index in [9.17, 15) is 4.79 Å². The predicted molar refractivity (Wildman–Crippen MR) is 122 cm³/mol. The number of halogens is 1. The Bertz CT molecular complexity index is 1060. The van der Waals surface area contributed by atoms with Gasteiger partial charge in [-0.05, 0) is 30.2 Å². The molecule has 0 amide bonds. The Morgan fingerprint density at radius 1 is 1.03 bits per heavy atom. The highest BCUT2D eigenvalue weighted by Gasteiger charge is 2.61. The Morgan fingerprint density at radius 3 is 2.13 bits per heavy atom. The number of ether oxygens (including phenoxy) is 1. The van der Waals surface area contributed by atoms with Crippen molar-refractivity contribution < 1.29 is 14.4 Å². The molecule has 1 unspecified atom stereocenters. The molecule has 6 heteroatoms. The molecule has 0 aliphatic carbocycles. The second kappa shape index (κ2) is 8.53. The van der Waals surface area contributed by atoms with Crippen LogP contribution < -0.4 is 5.06 Å². The van der Waals surface area contributed by atoms with E-state index in [-0.39, 0.29) is 12.4 Å². The fourth-order valence-electron chi connectivity index (χ4n) is 4.45. The van der Waals surface area contributed by atoms with Gasteiger partial charge in [0, 0.05) is 16.5 Å². The van der Waals surface area contributed by atoms with Gasteiger partial charge in [-0.3, -0.25) is 15.0 Å². The number of carbonyl (C=O) groups is 1. The molecule has 3 aromatic carbocycles. The van der Waals surface area contributed by atoms with Crippen LogP contribution in [0.4, 0.5) is 5.69 Å². The van der Waals surface area contributed by atoms with Crippen LogP contribution in [-0.2, 0) is 19.8 Å². The Hall–Kier alpha value is -3.15. The van der Waals surface area contributed by atoms with E-state index in [1.54, 1.807) is 25.1 Å². The Balaban J connectivity index is 2.09. The quantitative estimate of drug-likeness (QED) is 0.532. The largest absolute Gasteiger partial charge is 0.465 e. The fourth-order valence-corrected chi connectivity index (χ4v) is 4.62. The van der Waals surface area contributed by atoms with Crippen LogP contribution in [0.3, 0.4) is 0 Å². The van der Waals surface area contributed by atoms with Gasteiger partial charge in [-0.1, -0.05) is 78.3 Å². The van der Waals surface area contributed by atoms with Crippen LogP contribution >= 0.6 is 11.6 Å². The first-order valence-electron chi connectivity index (χ1n) is 10.1. The molecular weight excluding hydrogens is 412 g/mol. The summed E-state index contributed by atoms with van der Waals surface area (Å²) < 4.78 is 5.61. The van der Waals surface area contributed by atoms with Crippen molar-refractivity contribution >= 4 is 29.1 Å². The summed E-state index contributed by atoms with van der Waals surface area (Å²) in [6.45, 7) is 1.96. The van der Waals surface area contributed by atoms with Crippen LogP contribution in [0.2, 0.25) is 5.02 Å². The van der Waals surface area contributed by atoms with Gasteiger partial charge >= 0.3 is 5.97 Å². The van der Waals surface area contributed by atoms with Gasteiger partial charge in [0.2, 0.25) is 0 Å². The number of nitrogens with one attached hydrogen (secondary N) is 1. The zero-order valence-corrected chi connectivity index (χ0v) is 18.1. The molecule has 0 saturated heterocycles. The molecule has 0 bridgehead atoms. The maximum atomic E-state index is 13.8. The smallest absolute Gasteiger partial charge is 0.325 e. The lowest BCUT2D eigenvalue weighted by atomic mass is 9.65. The number of hydrogen-bond donors (Lipinski definition) is 1. The third-order valence-electron chi connectivity index (χ3n) is 5.66. The molecule has 5 nitrogen and oxygen atoms in total. The molecular formula is C25H23ClN2O3. The monoisotopic (exact) mass is 434 g/mol. The number of nitrogens with zero attached hydrogens (tertiary/aromatic N) is 1. The summed E-state index contributed by atoms with van der Waals surface area (Å²) in [5.74, 6) is -1.02. The minimum absolute atomic E-state index is 0.0107. The first kappa shape index (κ1) is 21.1. The first-order chi connectivity index (χ1) is 15.1. The molecule has 4 rings (SSSR count). The molecule has 0 spiro atoms. The Kier molecular flexibility index (Phi) is 5.81. The van der Waals surface area contributed by atoms with Crippen molar-refractivity contribution in [3.8, 4) is 0 Å². The Labute approximate surface area is 186 Å². The molecule has 0 saturated carbocycles. The van der Waals surface area contributed by atoms with Gasteiger partial charge in [0.1, 0.15) is 5.84 Å². The number of esters is 1. The van der Waals surface area contributed by atoms with E-state index in [2.05, 4.69) is 0 Å². The van der Waals surface area contributed by atoms with Gasteiger partial charge < -0.3 is 4.74 Å². The van der Waals surface area contributed by atoms with Crippen molar-refractivity contribution in [1.82, 2.24) is 0 Å². The van der Waals surface area contributed by atoms with Crippen molar-refractivity contribution in [2.75, 3.05) is 18.8 Å². The summed E-state index contributed by atoms with van der Waals surface area (Å²) in [5, 5.41) is 11.0. The van der Waals surface area contributed by atoms with Gasteiger partial charge in [0.15, 0.2) is 5.41 Å². The fraction of sp³-hybridized carbons (Fsp3) is 0.200. The summed E-state index contributed by atoms with van der Waals surface area (Å²) in [6.07, 6.45) is 0. The van der Waals surface area contributed by atoms with Gasteiger partial charge in [0.25, 0.3) is 0 Å². The normalized spacial score (nSPS) is 17.7. The van der Waals surface area contributed by atoms with E-state index in [1.807, 2.05) is 60.7 Å². The van der Waals surface area contributed by atoms with Crippen LogP contribution in [0.25, 0.3) is 0 Å². The molecule has 1 N–H and O–H groups in total. The Morgan fingerprint density at radius 2 is 1.61 bits per heavy atom. The summed E-state index contributed by atoms with van der Waals surface area (Å²) >= 11 is 6.27. The molecule has 0 aromatic heterocycles. The average molecular weight is 435 g/mol. The third-order valence-corrected chi connectivity index (χ3v) is 5.89. The van der Waals surface area contributed by atoms with Crippen molar-refractivity contribution in [1.29, 1.82) is 5.41 Å². The van der Waals surface area contributed by atoms with Crippen LogP contribution in [0, 0.1) is 5.41 Å². The van der Waals surface area contributed by atoms with Gasteiger partial charge in [-0.25, -0.2) is 5.06 Å². The summed E-state index contributed by atoms with van der Waals surface area (Å²) in [5.41, 5.74) is 1.52. The molecule has 1 aliphatic rings. The lowest BCUT2D eigenvalue weighted by Crippen LogP contribution is -2.51. The molecule has 0 radical (unpaired) electrons. The molecule has 1 atom stereocenters. The minimum atomic E-state index is -1.45. The lowest BCUT2D eigenvalue weighted by molar-refractivity contribution is -0.147. The van der Waals surface area contributed by atoms with Gasteiger partial charge in [-0.2, -0.15) is 0 Å². The van der Waals surface area contributed by atoms with E-state index in [0.29, 0.717) is 16.3 Å². The van der Waals surface area contributed by atoms with Crippen LogP contribution in [0.15, 0.2) is 78.9 Å². The summed E-state index contributed by atoms with van der Waals surface area (Å²) in [6, 6.07) is 24.7. The third kappa shape index (κ3) is 3.30. The second-order valence-electron chi connectivity index (χ2n) is 7.27. The van der Waals surface area contributed by atoms with E-state index < -0.39 is 17.3 Å². The predicted octanol–water partition coefficient (Wildman–Crippen LogP) is 5.33. The lowest BCUT2D eigenvalue weighted by Gasteiger charge is -2.36. The van der Waals surface area contributed by atoms with E-state index in [1.165, 1.54) is 12.2 Å². The van der Waals surface area contributed by atoms with Crippen LogP contribution in [-0.4, -0.2) is 25.5 Å². The zero-order valence-electron chi connectivity index (χ0n) is 17.3. The number of hydrogen-bond acceptors (Lipinski definition) is 4. The zero-order chi connectivity index (χ0) is 22.0. The number of carbonyl (C=O) groups excluding carboxylic acids is 1. The van der Waals surface area contributed by atoms with Crippen molar-refractivity contribution in [3.05, 3.63) is 101 Å². The van der Waals surface area contributed by atoms with Crippen LogP contribution in [0.1, 0.15) is 29.5 Å². The van der Waals surface area contributed by atoms with Crippen molar-refractivity contribution in [2.24, 2.45) is 0 Å². The highest BCUT2D eigenvalue weighted by Crippen LogP contribution is 2.53. The number of rotatable bonds is 6. The number of amidine groups is 1. The molecule has 1 heterocycles. The maximum absolute atomic E-state index is 13.8. The van der Waals surface area contributed by atoms with Crippen molar-refractivity contribution in [2.45, 2.75) is 18.3 Å². The molecule has 1 aliphatic heterocycles. The summed E-state index contributed by atoms with van der Waals surface area (Å²) in [4.78, 5) is 19.3. The van der Waals surface area contributed by atoms with Crippen LogP contribution in [0.5, 0.6) is 0 Å². The highest BCUT2D eigenvalue weighted by atomic mass is 35.5. The number of anilines is 1. The standard InChI is InChI=1S/C25H23ClN2O3/c1-3-31-24(29)25(20-15-14-19(26)16-21(20)28(30-2)23(25)27)22(17-10-6-4-7-11-17)18-12-8-5-9-13-18/h4-16,22,27H,3H2,1-2H3. The molecule has 31 heavy (non-hydrogen) atoms. The SMILES string of the molecule is CCOC(=O)C1(C(c2ccccc2)c2ccccc2)C(=N)N(OC)c2cc(Cl)ccc21. The summed E-state index contributed by atoms with van der Waals surface area (Å²) in [7, 11) is 1.47. The van der Waals surface area contributed by atoms with E-state index >= 15 is 0 Å². The molecule has 3 aromatic rings. The molecule has 158 valence electrons. The van der Waals surface area contributed by atoms with Crippen molar-refractivity contribution in [3.63, 3.8) is 0 Å². The maximum Gasteiger partial charge on any atom is 0.325 e. The minimum Gasteiger partial charge on any atom is -0.465 e. The first-order valence-corrected chi connectivity index (χ1v) is 10.4. The van der Waals surface area contributed by atoms with E-state index in [0.717, 1.165) is 11.1 Å². The topological polar surface area (TPSA) is 62.6 Å². The number of benzene rings is 3. The number of fused-ring (bicyclic) bond motifs is 1.